The maximum atomic E-state index is 13.4. The third-order valence-electron chi connectivity index (χ3n) is 5.32. The summed E-state index contributed by atoms with van der Waals surface area (Å²) in [6, 6.07) is 10.5. The van der Waals surface area contributed by atoms with Crippen molar-refractivity contribution in [3.63, 3.8) is 0 Å². The van der Waals surface area contributed by atoms with Crippen molar-refractivity contribution in [1.82, 2.24) is 29.8 Å². The van der Waals surface area contributed by atoms with E-state index in [1.807, 2.05) is 6.92 Å². The van der Waals surface area contributed by atoms with Crippen LogP contribution in [0, 0.1) is 0 Å². The summed E-state index contributed by atoms with van der Waals surface area (Å²) in [5.74, 6) is 0.0214. The molecule has 1 aromatic carbocycles. The molecule has 0 saturated heterocycles. The standard InChI is InChI=1S/C22H24N8O4/c1-2-3-10-28-20(23)19(21(32)25-22(28)33)29(13-17-5-4-11-34-17)18(31)12-15-6-8-16(9-7-15)30-14-24-26-27-30/h4-9,11,14H,2-3,10,12-13,23H2,1H3,(H,25,32,33). The first kappa shape index (κ1) is 22.7. The highest BCUT2D eigenvalue weighted by atomic mass is 16.3. The van der Waals surface area contributed by atoms with Crippen LogP contribution in [0.3, 0.4) is 0 Å². The van der Waals surface area contributed by atoms with Crippen molar-refractivity contribution in [3.8, 4) is 5.69 Å². The summed E-state index contributed by atoms with van der Waals surface area (Å²) in [7, 11) is 0. The molecule has 0 unspecified atom stereocenters. The van der Waals surface area contributed by atoms with Crippen molar-refractivity contribution >= 4 is 17.4 Å². The van der Waals surface area contributed by atoms with E-state index in [9.17, 15) is 14.4 Å². The molecule has 1 amide bonds. The Balaban J connectivity index is 1.67. The van der Waals surface area contributed by atoms with E-state index in [0.29, 0.717) is 24.3 Å². The maximum absolute atomic E-state index is 13.4. The van der Waals surface area contributed by atoms with Crippen molar-refractivity contribution in [2.75, 3.05) is 10.6 Å². The number of rotatable bonds is 9. The topological polar surface area (TPSA) is 158 Å². The number of aromatic nitrogens is 6. The van der Waals surface area contributed by atoms with Crippen LogP contribution in [0.25, 0.3) is 5.69 Å². The van der Waals surface area contributed by atoms with E-state index in [0.717, 1.165) is 12.1 Å². The average molecular weight is 464 g/mol. The summed E-state index contributed by atoms with van der Waals surface area (Å²) in [5, 5.41) is 11.0. The largest absolute Gasteiger partial charge is 0.467 e. The fraction of sp³-hybridized carbons (Fsp3) is 0.273. The number of aromatic amines is 1. The number of H-pyrrole nitrogens is 1. The highest BCUT2D eigenvalue weighted by Crippen LogP contribution is 2.22. The van der Waals surface area contributed by atoms with Gasteiger partial charge in [0.1, 0.15) is 17.9 Å². The minimum absolute atomic E-state index is 0.0104. The van der Waals surface area contributed by atoms with Crippen LogP contribution in [0.2, 0.25) is 0 Å². The zero-order chi connectivity index (χ0) is 24.1. The number of nitrogens with one attached hydrogen (secondary N) is 1. The fourth-order valence-electron chi connectivity index (χ4n) is 3.54. The molecule has 0 saturated carbocycles. The van der Waals surface area contributed by atoms with Gasteiger partial charge in [0.25, 0.3) is 5.56 Å². The van der Waals surface area contributed by atoms with Crippen LogP contribution in [-0.4, -0.2) is 35.7 Å². The second-order valence-corrected chi connectivity index (χ2v) is 7.66. The van der Waals surface area contributed by atoms with Crippen LogP contribution in [0.1, 0.15) is 31.1 Å². The lowest BCUT2D eigenvalue weighted by molar-refractivity contribution is -0.118. The van der Waals surface area contributed by atoms with Gasteiger partial charge in [-0.2, -0.15) is 0 Å². The third-order valence-corrected chi connectivity index (χ3v) is 5.32. The summed E-state index contributed by atoms with van der Waals surface area (Å²) in [4.78, 5) is 42.1. The summed E-state index contributed by atoms with van der Waals surface area (Å²) in [6.45, 7) is 2.28. The molecule has 0 aliphatic carbocycles. The van der Waals surface area contributed by atoms with Crippen LogP contribution in [-0.2, 0) is 24.3 Å². The van der Waals surface area contributed by atoms with Gasteiger partial charge in [-0.25, -0.2) is 9.48 Å². The Hall–Kier alpha value is -4.48. The zero-order valence-corrected chi connectivity index (χ0v) is 18.5. The molecule has 3 aromatic heterocycles. The Morgan fingerprint density at radius 1 is 1.21 bits per heavy atom. The first-order valence-electron chi connectivity index (χ1n) is 10.8. The van der Waals surface area contributed by atoms with E-state index in [2.05, 4.69) is 20.5 Å². The van der Waals surface area contributed by atoms with E-state index in [4.69, 9.17) is 10.2 Å². The molecule has 34 heavy (non-hydrogen) atoms. The molecule has 3 heterocycles. The summed E-state index contributed by atoms with van der Waals surface area (Å²) < 4.78 is 8.18. The molecule has 0 fully saturated rings. The van der Waals surface area contributed by atoms with E-state index in [1.165, 1.54) is 26.7 Å². The number of carbonyl (C=O) groups excluding carboxylic acids is 1. The highest BCUT2D eigenvalue weighted by Gasteiger charge is 2.25. The lowest BCUT2D eigenvalue weighted by Crippen LogP contribution is -2.41. The lowest BCUT2D eigenvalue weighted by Gasteiger charge is -2.24. The van der Waals surface area contributed by atoms with Crippen molar-refractivity contribution in [1.29, 1.82) is 0 Å². The molecule has 0 spiro atoms. The third kappa shape index (κ3) is 4.80. The second-order valence-electron chi connectivity index (χ2n) is 7.66. The van der Waals surface area contributed by atoms with E-state index < -0.39 is 11.2 Å². The Morgan fingerprint density at radius 2 is 2.00 bits per heavy atom. The maximum Gasteiger partial charge on any atom is 0.330 e. The van der Waals surface area contributed by atoms with Crippen molar-refractivity contribution in [2.45, 2.75) is 39.3 Å². The minimum Gasteiger partial charge on any atom is -0.467 e. The Labute approximate surface area is 193 Å². The Morgan fingerprint density at radius 3 is 2.65 bits per heavy atom. The minimum atomic E-state index is -0.732. The van der Waals surface area contributed by atoms with Gasteiger partial charge >= 0.3 is 5.69 Å². The van der Waals surface area contributed by atoms with E-state index in [1.54, 1.807) is 36.4 Å². The molecule has 3 N–H and O–H groups in total. The molecule has 12 nitrogen and oxygen atoms in total. The van der Waals surface area contributed by atoms with Gasteiger partial charge in [0.15, 0.2) is 5.69 Å². The number of anilines is 2. The zero-order valence-electron chi connectivity index (χ0n) is 18.5. The molecule has 176 valence electrons. The first-order chi connectivity index (χ1) is 16.5. The van der Waals surface area contributed by atoms with Crippen LogP contribution in [0.4, 0.5) is 11.5 Å². The van der Waals surface area contributed by atoms with Gasteiger partial charge in [-0.05, 0) is 46.7 Å². The number of nitrogen functional groups attached to an aromatic ring is 1. The van der Waals surface area contributed by atoms with Gasteiger partial charge in [-0.15, -0.1) is 5.10 Å². The number of nitrogens with two attached hydrogens (primary N) is 1. The fourth-order valence-corrected chi connectivity index (χ4v) is 3.54. The molecule has 0 bridgehead atoms. The van der Waals surface area contributed by atoms with Gasteiger partial charge < -0.3 is 10.2 Å². The smallest absolute Gasteiger partial charge is 0.330 e. The number of nitrogens with zero attached hydrogens (tertiary/aromatic N) is 6. The van der Waals surface area contributed by atoms with Crippen molar-refractivity contribution < 1.29 is 9.21 Å². The molecular weight excluding hydrogens is 440 g/mol. The van der Waals surface area contributed by atoms with E-state index >= 15 is 0 Å². The molecule has 12 heteroatoms. The number of tetrazole rings is 1. The van der Waals surface area contributed by atoms with Crippen LogP contribution < -0.4 is 21.9 Å². The number of benzene rings is 1. The Kier molecular flexibility index (Phi) is 6.67. The SMILES string of the molecule is CCCCn1c(N)c(N(Cc2ccco2)C(=O)Cc2ccc(-n3cnnn3)cc2)c(=O)[nH]c1=O. The quantitative estimate of drug-likeness (QED) is 0.375. The number of carbonyl (C=O) groups is 1. The summed E-state index contributed by atoms with van der Waals surface area (Å²) in [5.41, 5.74) is 6.28. The predicted molar refractivity (Wildman–Crippen MR) is 123 cm³/mol. The van der Waals surface area contributed by atoms with Gasteiger partial charge in [0.2, 0.25) is 5.91 Å². The lowest BCUT2D eigenvalue weighted by atomic mass is 10.1. The van der Waals surface area contributed by atoms with Crippen molar-refractivity contribution in [3.05, 3.63) is 81.2 Å². The van der Waals surface area contributed by atoms with Crippen LogP contribution in [0.5, 0.6) is 0 Å². The highest BCUT2D eigenvalue weighted by molar-refractivity contribution is 5.96. The van der Waals surface area contributed by atoms with Gasteiger partial charge in [0, 0.05) is 6.54 Å². The number of amides is 1. The molecular formula is C22H24N8O4. The van der Waals surface area contributed by atoms with Gasteiger partial charge in [0.05, 0.1) is 24.9 Å². The molecule has 4 rings (SSSR count). The average Bonchev–Trinajstić information content (AvgIpc) is 3.53. The van der Waals surface area contributed by atoms with Crippen LogP contribution in [0.15, 0.2) is 63.0 Å². The number of hydrogen-bond acceptors (Lipinski definition) is 8. The second kappa shape index (κ2) is 9.98. The Bertz CT molecular complexity index is 1360. The first-order valence-corrected chi connectivity index (χ1v) is 10.8. The van der Waals surface area contributed by atoms with Gasteiger partial charge in [-0.3, -0.25) is 24.0 Å². The van der Waals surface area contributed by atoms with E-state index in [-0.39, 0.29) is 30.4 Å². The molecule has 0 atom stereocenters. The summed E-state index contributed by atoms with van der Waals surface area (Å²) in [6.07, 6.45) is 4.45. The van der Waals surface area contributed by atoms with Crippen molar-refractivity contribution in [2.24, 2.45) is 0 Å². The molecule has 0 aliphatic heterocycles. The van der Waals surface area contributed by atoms with Crippen LogP contribution >= 0.6 is 0 Å². The molecule has 0 aliphatic rings. The normalized spacial score (nSPS) is 11.0. The van der Waals surface area contributed by atoms with Gasteiger partial charge in [-0.1, -0.05) is 25.5 Å². The molecule has 4 aromatic rings. The molecule has 0 radical (unpaired) electrons. The number of furan rings is 1. The number of unbranched alkanes of at least 4 members (excludes halogenated alkanes) is 1. The predicted octanol–water partition coefficient (Wildman–Crippen LogP) is 1.26. The number of hydrogen-bond donors (Lipinski definition) is 2. The monoisotopic (exact) mass is 464 g/mol. The summed E-state index contributed by atoms with van der Waals surface area (Å²) >= 11 is 0.